The minimum absolute atomic E-state index is 0.0317. The summed E-state index contributed by atoms with van der Waals surface area (Å²) < 4.78 is 5.21. The van der Waals surface area contributed by atoms with Crippen LogP contribution in [0.1, 0.15) is 32.3 Å². The predicted octanol–water partition coefficient (Wildman–Crippen LogP) is 1.40. The van der Waals surface area contributed by atoms with Gasteiger partial charge in [-0.2, -0.15) is 5.26 Å². The zero-order chi connectivity index (χ0) is 13.5. The maximum absolute atomic E-state index is 11.7. The van der Waals surface area contributed by atoms with Gasteiger partial charge in [-0.3, -0.25) is 10.1 Å². The fourth-order valence-corrected chi connectivity index (χ4v) is 1.34. The van der Waals surface area contributed by atoms with E-state index >= 15 is 0 Å². The SMILES string of the molecule is CC(C)CNC(=O)C(C)NCc1ccc(C#N)o1. The van der Waals surface area contributed by atoms with Crippen LogP contribution < -0.4 is 10.6 Å². The highest BCUT2D eigenvalue weighted by Gasteiger charge is 2.12. The standard InChI is InChI=1S/C13H19N3O2/c1-9(2)7-16-13(17)10(3)15-8-12-5-4-11(6-14)18-12/h4-5,9-10,15H,7-8H2,1-3H3,(H,16,17). The average molecular weight is 249 g/mol. The molecular weight excluding hydrogens is 230 g/mol. The quantitative estimate of drug-likeness (QED) is 0.799. The van der Waals surface area contributed by atoms with Gasteiger partial charge in [0.25, 0.3) is 0 Å². The molecule has 1 amide bonds. The zero-order valence-corrected chi connectivity index (χ0v) is 11.0. The molecular formula is C13H19N3O2. The fraction of sp³-hybridized carbons (Fsp3) is 0.538. The molecule has 0 aliphatic carbocycles. The van der Waals surface area contributed by atoms with E-state index in [0.29, 0.717) is 24.8 Å². The molecule has 1 aromatic heterocycles. The van der Waals surface area contributed by atoms with E-state index in [4.69, 9.17) is 9.68 Å². The van der Waals surface area contributed by atoms with Crippen molar-refractivity contribution >= 4 is 5.91 Å². The highest BCUT2D eigenvalue weighted by atomic mass is 16.3. The molecule has 18 heavy (non-hydrogen) atoms. The molecule has 5 heteroatoms. The van der Waals surface area contributed by atoms with Crippen LogP contribution in [0.2, 0.25) is 0 Å². The summed E-state index contributed by atoms with van der Waals surface area (Å²) in [5, 5.41) is 14.5. The predicted molar refractivity (Wildman–Crippen MR) is 67.6 cm³/mol. The first-order valence-corrected chi connectivity index (χ1v) is 6.02. The lowest BCUT2D eigenvalue weighted by Crippen LogP contribution is -2.42. The highest BCUT2D eigenvalue weighted by Crippen LogP contribution is 2.06. The number of hydrogen-bond donors (Lipinski definition) is 2. The van der Waals surface area contributed by atoms with E-state index in [1.807, 2.05) is 19.9 Å². The van der Waals surface area contributed by atoms with Crippen molar-refractivity contribution in [2.75, 3.05) is 6.54 Å². The molecule has 0 radical (unpaired) electrons. The van der Waals surface area contributed by atoms with Gasteiger partial charge in [0, 0.05) is 6.54 Å². The summed E-state index contributed by atoms with van der Waals surface area (Å²) in [5.74, 6) is 1.33. The zero-order valence-electron chi connectivity index (χ0n) is 11.0. The summed E-state index contributed by atoms with van der Waals surface area (Å²) in [6, 6.07) is 4.96. The number of carbonyl (C=O) groups excluding carboxylic acids is 1. The maximum Gasteiger partial charge on any atom is 0.236 e. The molecule has 0 aliphatic heterocycles. The van der Waals surface area contributed by atoms with Gasteiger partial charge in [0.15, 0.2) is 0 Å². The van der Waals surface area contributed by atoms with Crippen molar-refractivity contribution in [1.29, 1.82) is 5.26 Å². The summed E-state index contributed by atoms with van der Waals surface area (Å²) in [7, 11) is 0. The second-order valence-corrected chi connectivity index (χ2v) is 4.62. The number of hydrogen-bond acceptors (Lipinski definition) is 4. The average Bonchev–Trinajstić information content (AvgIpc) is 2.80. The molecule has 98 valence electrons. The Kier molecular flexibility index (Phi) is 5.40. The Hall–Kier alpha value is -1.80. The number of nitriles is 1. The third-order valence-electron chi connectivity index (χ3n) is 2.43. The van der Waals surface area contributed by atoms with Gasteiger partial charge in [0.2, 0.25) is 11.7 Å². The van der Waals surface area contributed by atoms with Crippen molar-refractivity contribution in [3.63, 3.8) is 0 Å². The van der Waals surface area contributed by atoms with Gasteiger partial charge in [0.1, 0.15) is 11.8 Å². The summed E-state index contributed by atoms with van der Waals surface area (Å²) in [4.78, 5) is 11.7. The van der Waals surface area contributed by atoms with Crippen molar-refractivity contribution in [1.82, 2.24) is 10.6 Å². The largest absolute Gasteiger partial charge is 0.449 e. The lowest BCUT2D eigenvalue weighted by Gasteiger charge is -2.14. The molecule has 1 aromatic rings. The Balaban J connectivity index is 2.34. The van der Waals surface area contributed by atoms with Gasteiger partial charge >= 0.3 is 0 Å². The lowest BCUT2D eigenvalue weighted by molar-refractivity contribution is -0.122. The molecule has 0 spiro atoms. The topological polar surface area (TPSA) is 78.1 Å². The summed E-state index contributed by atoms with van der Waals surface area (Å²) in [6.07, 6.45) is 0. The third kappa shape index (κ3) is 4.60. The van der Waals surface area contributed by atoms with E-state index in [0.717, 1.165) is 0 Å². The van der Waals surface area contributed by atoms with E-state index in [2.05, 4.69) is 10.6 Å². The number of amides is 1. The van der Waals surface area contributed by atoms with Crippen molar-refractivity contribution < 1.29 is 9.21 Å². The normalized spacial score (nSPS) is 12.2. The molecule has 0 bridgehead atoms. The molecule has 1 unspecified atom stereocenters. The molecule has 1 rings (SSSR count). The van der Waals surface area contributed by atoms with Crippen LogP contribution in [0.25, 0.3) is 0 Å². The van der Waals surface area contributed by atoms with Gasteiger partial charge in [-0.05, 0) is 25.0 Å². The summed E-state index contributed by atoms with van der Waals surface area (Å²) in [5.41, 5.74) is 0. The third-order valence-corrected chi connectivity index (χ3v) is 2.43. The van der Waals surface area contributed by atoms with Gasteiger partial charge in [0.05, 0.1) is 12.6 Å². The van der Waals surface area contributed by atoms with Gasteiger partial charge in [-0.25, -0.2) is 0 Å². The number of rotatable bonds is 6. The van der Waals surface area contributed by atoms with Crippen LogP contribution >= 0.6 is 0 Å². The maximum atomic E-state index is 11.7. The molecule has 0 saturated carbocycles. The molecule has 0 aromatic carbocycles. The molecule has 2 N–H and O–H groups in total. The van der Waals surface area contributed by atoms with Gasteiger partial charge in [-0.15, -0.1) is 0 Å². The van der Waals surface area contributed by atoms with Crippen molar-refractivity contribution in [3.05, 3.63) is 23.7 Å². The van der Waals surface area contributed by atoms with Crippen LogP contribution in [0.5, 0.6) is 0 Å². The molecule has 5 nitrogen and oxygen atoms in total. The fourth-order valence-electron chi connectivity index (χ4n) is 1.34. The Morgan fingerprint density at radius 1 is 1.44 bits per heavy atom. The van der Waals surface area contributed by atoms with Crippen molar-refractivity contribution in [2.24, 2.45) is 5.92 Å². The molecule has 0 saturated heterocycles. The van der Waals surface area contributed by atoms with Gasteiger partial charge in [-0.1, -0.05) is 13.8 Å². The van der Waals surface area contributed by atoms with E-state index < -0.39 is 0 Å². The van der Waals surface area contributed by atoms with Crippen LogP contribution in [0.3, 0.4) is 0 Å². The molecule has 0 aliphatic rings. The van der Waals surface area contributed by atoms with Crippen LogP contribution in [-0.2, 0) is 11.3 Å². The Labute approximate surface area is 107 Å². The second-order valence-electron chi connectivity index (χ2n) is 4.62. The Bertz CT molecular complexity index is 432. The Morgan fingerprint density at radius 3 is 2.72 bits per heavy atom. The monoisotopic (exact) mass is 249 g/mol. The first-order chi connectivity index (χ1) is 8.52. The molecule has 0 fully saturated rings. The minimum Gasteiger partial charge on any atom is -0.449 e. The summed E-state index contributed by atoms with van der Waals surface area (Å²) in [6.45, 7) is 6.99. The van der Waals surface area contributed by atoms with E-state index in [-0.39, 0.29) is 17.7 Å². The van der Waals surface area contributed by atoms with Crippen LogP contribution in [-0.4, -0.2) is 18.5 Å². The van der Waals surface area contributed by atoms with Crippen molar-refractivity contribution in [2.45, 2.75) is 33.4 Å². The smallest absolute Gasteiger partial charge is 0.236 e. The number of carbonyl (C=O) groups is 1. The first-order valence-electron chi connectivity index (χ1n) is 6.02. The van der Waals surface area contributed by atoms with E-state index in [1.54, 1.807) is 19.1 Å². The van der Waals surface area contributed by atoms with Crippen LogP contribution in [0.15, 0.2) is 16.5 Å². The molecule has 1 heterocycles. The second kappa shape index (κ2) is 6.82. The van der Waals surface area contributed by atoms with Gasteiger partial charge < -0.3 is 9.73 Å². The van der Waals surface area contributed by atoms with Crippen molar-refractivity contribution in [3.8, 4) is 6.07 Å². The highest BCUT2D eigenvalue weighted by molar-refractivity contribution is 5.81. The van der Waals surface area contributed by atoms with E-state index in [9.17, 15) is 4.79 Å². The number of nitrogens with one attached hydrogen (secondary N) is 2. The Morgan fingerprint density at radius 2 is 2.17 bits per heavy atom. The van der Waals surface area contributed by atoms with Crippen LogP contribution in [0.4, 0.5) is 0 Å². The molecule has 1 atom stereocenters. The number of nitrogens with zero attached hydrogens (tertiary/aromatic N) is 1. The number of furan rings is 1. The summed E-state index contributed by atoms with van der Waals surface area (Å²) >= 11 is 0. The first kappa shape index (κ1) is 14.3. The minimum atomic E-state index is -0.292. The lowest BCUT2D eigenvalue weighted by atomic mass is 10.2. The van der Waals surface area contributed by atoms with E-state index in [1.165, 1.54) is 0 Å². The van der Waals surface area contributed by atoms with Crippen LogP contribution in [0, 0.1) is 17.2 Å².